The van der Waals surface area contributed by atoms with Crippen LogP contribution in [0.3, 0.4) is 0 Å². The second-order valence-corrected chi connectivity index (χ2v) is 5.25. The van der Waals surface area contributed by atoms with Gasteiger partial charge in [-0.2, -0.15) is 5.10 Å². The van der Waals surface area contributed by atoms with Crippen LogP contribution in [0.25, 0.3) is 0 Å². The Labute approximate surface area is 105 Å². The highest BCUT2D eigenvalue weighted by molar-refractivity contribution is 6.31. The van der Waals surface area contributed by atoms with Crippen LogP contribution < -0.4 is 11.2 Å². The van der Waals surface area contributed by atoms with E-state index in [1.165, 1.54) is 0 Å². The van der Waals surface area contributed by atoms with Crippen LogP contribution in [0.4, 0.5) is 10.1 Å². The minimum absolute atomic E-state index is 0.137. The van der Waals surface area contributed by atoms with Gasteiger partial charge in [-0.1, -0.05) is 11.6 Å². The molecule has 5 heteroatoms. The summed E-state index contributed by atoms with van der Waals surface area (Å²) in [5, 5.41) is 7.04. The van der Waals surface area contributed by atoms with Crippen molar-refractivity contribution in [3.05, 3.63) is 28.0 Å². The molecule has 0 spiro atoms. The Hall–Kier alpha value is -1.29. The molecule has 3 N–H and O–H groups in total. The van der Waals surface area contributed by atoms with Crippen molar-refractivity contribution in [2.45, 2.75) is 32.7 Å². The van der Waals surface area contributed by atoms with E-state index in [1.54, 1.807) is 6.07 Å². The van der Waals surface area contributed by atoms with Crippen molar-refractivity contribution in [1.82, 2.24) is 0 Å². The SMILES string of the molecule is Cc1cc(Cl)c(F)c2c1C/C(=N\N)C(C)(C)N2. The number of benzene rings is 1. The van der Waals surface area contributed by atoms with Crippen molar-refractivity contribution in [2.24, 2.45) is 10.9 Å². The Kier molecular flexibility index (Phi) is 2.78. The summed E-state index contributed by atoms with van der Waals surface area (Å²) < 4.78 is 14.0. The van der Waals surface area contributed by atoms with Gasteiger partial charge in [0.25, 0.3) is 0 Å². The minimum atomic E-state index is -0.459. The number of fused-ring (bicyclic) bond motifs is 1. The van der Waals surface area contributed by atoms with Crippen LogP contribution in [0.15, 0.2) is 11.2 Å². The van der Waals surface area contributed by atoms with Gasteiger partial charge in [-0.15, -0.1) is 0 Å². The Morgan fingerprint density at radius 1 is 1.53 bits per heavy atom. The van der Waals surface area contributed by atoms with E-state index < -0.39 is 11.4 Å². The molecule has 1 aromatic rings. The number of nitrogens with zero attached hydrogens (tertiary/aromatic N) is 1. The summed E-state index contributed by atoms with van der Waals surface area (Å²) in [4.78, 5) is 0. The van der Waals surface area contributed by atoms with Crippen LogP contribution >= 0.6 is 11.6 Å². The lowest BCUT2D eigenvalue weighted by atomic mass is 9.85. The molecule has 92 valence electrons. The number of halogens is 2. The molecule has 0 aliphatic carbocycles. The summed E-state index contributed by atoms with van der Waals surface area (Å²) in [6, 6.07) is 1.63. The van der Waals surface area contributed by atoms with Gasteiger partial charge < -0.3 is 11.2 Å². The Morgan fingerprint density at radius 2 is 2.18 bits per heavy atom. The van der Waals surface area contributed by atoms with Gasteiger partial charge in [-0.25, -0.2) is 4.39 Å². The number of anilines is 1. The van der Waals surface area contributed by atoms with Crippen LogP contribution in [-0.4, -0.2) is 11.3 Å². The Bertz CT molecular complexity index is 509. The summed E-state index contributed by atoms with van der Waals surface area (Å²) in [6.45, 7) is 5.73. The number of hydrogen-bond acceptors (Lipinski definition) is 3. The molecular weight excluding hydrogens is 241 g/mol. The fourth-order valence-corrected chi connectivity index (χ4v) is 2.39. The van der Waals surface area contributed by atoms with Gasteiger partial charge >= 0.3 is 0 Å². The van der Waals surface area contributed by atoms with Crippen LogP contribution in [0.1, 0.15) is 25.0 Å². The van der Waals surface area contributed by atoms with E-state index in [1.807, 2.05) is 20.8 Å². The second-order valence-electron chi connectivity index (χ2n) is 4.85. The predicted molar refractivity (Wildman–Crippen MR) is 69.2 cm³/mol. The first-order valence-electron chi connectivity index (χ1n) is 5.39. The first kappa shape index (κ1) is 12.2. The summed E-state index contributed by atoms with van der Waals surface area (Å²) in [5.74, 6) is 4.98. The Balaban J connectivity index is 2.64. The number of nitrogens with two attached hydrogens (primary N) is 1. The van der Waals surface area contributed by atoms with E-state index in [-0.39, 0.29) is 5.02 Å². The highest BCUT2D eigenvalue weighted by atomic mass is 35.5. The smallest absolute Gasteiger partial charge is 0.165 e. The van der Waals surface area contributed by atoms with Crippen molar-refractivity contribution < 1.29 is 4.39 Å². The molecular formula is C12H15ClFN3. The molecule has 0 aromatic heterocycles. The van der Waals surface area contributed by atoms with Gasteiger partial charge in [0.05, 0.1) is 22.0 Å². The van der Waals surface area contributed by atoms with Gasteiger partial charge in [0.2, 0.25) is 0 Å². The van der Waals surface area contributed by atoms with Crippen LogP contribution in [-0.2, 0) is 6.42 Å². The molecule has 0 unspecified atom stereocenters. The molecule has 1 aliphatic heterocycles. The maximum atomic E-state index is 14.0. The fourth-order valence-electron chi connectivity index (χ4n) is 2.13. The molecule has 3 nitrogen and oxygen atoms in total. The quantitative estimate of drug-likeness (QED) is 0.553. The molecule has 0 saturated carbocycles. The third kappa shape index (κ3) is 1.86. The molecule has 1 aromatic carbocycles. The average Bonchev–Trinajstić information content (AvgIpc) is 2.24. The summed E-state index contributed by atoms with van der Waals surface area (Å²) in [7, 11) is 0. The number of nitrogens with one attached hydrogen (secondary N) is 1. The predicted octanol–water partition coefficient (Wildman–Crippen LogP) is 2.85. The van der Waals surface area contributed by atoms with Crippen LogP contribution in [0.5, 0.6) is 0 Å². The monoisotopic (exact) mass is 255 g/mol. The number of hydrazone groups is 1. The van der Waals surface area contributed by atoms with Crippen molar-refractivity contribution in [3.63, 3.8) is 0 Å². The maximum Gasteiger partial charge on any atom is 0.165 e. The van der Waals surface area contributed by atoms with E-state index in [0.717, 1.165) is 16.8 Å². The lowest BCUT2D eigenvalue weighted by Gasteiger charge is -2.35. The van der Waals surface area contributed by atoms with E-state index in [9.17, 15) is 4.39 Å². The zero-order valence-corrected chi connectivity index (χ0v) is 10.8. The van der Waals surface area contributed by atoms with Gasteiger partial charge in [-0.05, 0) is 38.0 Å². The highest BCUT2D eigenvalue weighted by Crippen LogP contribution is 2.36. The lowest BCUT2D eigenvalue weighted by Crippen LogP contribution is -2.46. The lowest BCUT2D eigenvalue weighted by molar-refractivity contribution is 0.615. The zero-order chi connectivity index (χ0) is 12.8. The van der Waals surface area contributed by atoms with Crippen molar-refractivity contribution in [1.29, 1.82) is 0 Å². The number of aryl methyl sites for hydroxylation is 1. The molecule has 17 heavy (non-hydrogen) atoms. The average molecular weight is 256 g/mol. The standard InChI is InChI=1S/C12H15ClFN3/c1-6-4-8(13)10(14)11-7(6)5-9(17-15)12(2,3)16-11/h4,16H,5,15H2,1-3H3/b17-9+. The normalized spacial score (nSPS) is 19.9. The topological polar surface area (TPSA) is 50.4 Å². The maximum absolute atomic E-state index is 14.0. The van der Waals surface area contributed by atoms with Gasteiger partial charge in [0, 0.05) is 6.42 Å². The number of hydrogen-bond donors (Lipinski definition) is 2. The first-order valence-corrected chi connectivity index (χ1v) is 5.77. The fraction of sp³-hybridized carbons (Fsp3) is 0.417. The molecule has 0 bridgehead atoms. The largest absolute Gasteiger partial charge is 0.372 e. The summed E-state index contributed by atoms with van der Waals surface area (Å²) in [5.41, 5.74) is 2.62. The van der Waals surface area contributed by atoms with Crippen LogP contribution in [0, 0.1) is 12.7 Å². The van der Waals surface area contributed by atoms with Crippen molar-refractivity contribution in [2.75, 3.05) is 5.32 Å². The molecule has 0 saturated heterocycles. The van der Waals surface area contributed by atoms with Crippen LogP contribution in [0.2, 0.25) is 5.02 Å². The molecule has 0 amide bonds. The second kappa shape index (κ2) is 3.88. The summed E-state index contributed by atoms with van der Waals surface area (Å²) >= 11 is 5.84. The Morgan fingerprint density at radius 3 is 2.76 bits per heavy atom. The summed E-state index contributed by atoms with van der Waals surface area (Å²) in [6.07, 6.45) is 0.547. The van der Waals surface area contributed by atoms with Gasteiger partial charge in [-0.3, -0.25) is 0 Å². The molecule has 0 atom stereocenters. The van der Waals surface area contributed by atoms with E-state index >= 15 is 0 Å². The van der Waals surface area contributed by atoms with Crippen molar-refractivity contribution in [3.8, 4) is 0 Å². The third-order valence-electron chi connectivity index (χ3n) is 3.21. The minimum Gasteiger partial charge on any atom is -0.372 e. The zero-order valence-electron chi connectivity index (χ0n) is 10.1. The molecule has 1 aliphatic rings. The molecule has 0 fully saturated rings. The molecule has 1 heterocycles. The van der Waals surface area contributed by atoms with E-state index in [2.05, 4.69) is 10.4 Å². The van der Waals surface area contributed by atoms with Gasteiger partial charge in [0.1, 0.15) is 0 Å². The van der Waals surface area contributed by atoms with Gasteiger partial charge in [0.15, 0.2) is 5.82 Å². The van der Waals surface area contributed by atoms with E-state index in [4.69, 9.17) is 17.4 Å². The molecule has 2 rings (SSSR count). The highest BCUT2D eigenvalue weighted by Gasteiger charge is 2.33. The number of rotatable bonds is 0. The molecule has 0 radical (unpaired) electrons. The van der Waals surface area contributed by atoms with E-state index in [0.29, 0.717) is 12.1 Å². The first-order chi connectivity index (χ1) is 7.86. The van der Waals surface area contributed by atoms with Crippen molar-refractivity contribution >= 4 is 23.0 Å². The third-order valence-corrected chi connectivity index (χ3v) is 3.48.